The summed E-state index contributed by atoms with van der Waals surface area (Å²) in [6.45, 7) is 6.51. The molecule has 0 amide bonds. The molecule has 1 atom stereocenters. The molecule has 2 rings (SSSR count). The molecule has 0 radical (unpaired) electrons. The first-order valence-corrected chi connectivity index (χ1v) is 7.54. The van der Waals surface area contributed by atoms with Gasteiger partial charge in [0, 0.05) is 30.9 Å². The Hall–Kier alpha value is -0.830. The summed E-state index contributed by atoms with van der Waals surface area (Å²) >= 11 is 0. The Kier molecular flexibility index (Phi) is 5.24. The van der Waals surface area contributed by atoms with E-state index in [0.717, 1.165) is 25.4 Å². The van der Waals surface area contributed by atoms with Crippen molar-refractivity contribution >= 4 is 0 Å². The van der Waals surface area contributed by atoms with Crippen molar-refractivity contribution in [3.05, 3.63) is 18.0 Å². The van der Waals surface area contributed by atoms with Gasteiger partial charge in [-0.1, -0.05) is 26.2 Å². The van der Waals surface area contributed by atoms with Gasteiger partial charge in [0.15, 0.2) is 0 Å². The van der Waals surface area contributed by atoms with Gasteiger partial charge in [0.25, 0.3) is 0 Å². The second-order valence-electron chi connectivity index (χ2n) is 5.68. The molecule has 1 aliphatic rings. The Bertz CT molecular complexity index is 339. The lowest BCUT2D eigenvalue weighted by Crippen LogP contribution is -2.34. The number of aromatic nitrogens is 2. The van der Waals surface area contributed by atoms with Gasteiger partial charge < -0.3 is 5.32 Å². The van der Waals surface area contributed by atoms with Crippen molar-refractivity contribution in [2.45, 2.75) is 71.5 Å². The Morgan fingerprint density at radius 3 is 2.89 bits per heavy atom. The Morgan fingerprint density at radius 1 is 1.39 bits per heavy atom. The summed E-state index contributed by atoms with van der Waals surface area (Å²) in [5.74, 6) is 0.879. The van der Waals surface area contributed by atoms with Crippen LogP contribution in [0.2, 0.25) is 0 Å². The van der Waals surface area contributed by atoms with Crippen LogP contribution < -0.4 is 5.32 Å². The van der Waals surface area contributed by atoms with Crippen LogP contribution in [-0.2, 0) is 13.1 Å². The van der Waals surface area contributed by atoms with Crippen LogP contribution in [0.3, 0.4) is 0 Å². The third-order valence-corrected chi connectivity index (χ3v) is 4.12. The smallest absolute Gasteiger partial charge is 0.0534 e. The minimum atomic E-state index is 0.639. The zero-order valence-electron chi connectivity index (χ0n) is 11.9. The van der Waals surface area contributed by atoms with Gasteiger partial charge in [-0.3, -0.25) is 4.68 Å². The highest BCUT2D eigenvalue weighted by molar-refractivity contribution is 5.03. The van der Waals surface area contributed by atoms with Gasteiger partial charge in [0.1, 0.15) is 0 Å². The van der Waals surface area contributed by atoms with Crippen molar-refractivity contribution in [2.75, 3.05) is 0 Å². The standard InChI is InChI=1S/C15H27N3/c1-3-9-18-12-14(11-17-18)10-16-13(2)15-7-5-4-6-8-15/h11-13,15-16H,3-10H2,1-2H3/t13-/m0/s1. The van der Waals surface area contributed by atoms with E-state index in [9.17, 15) is 0 Å². The maximum Gasteiger partial charge on any atom is 0.0534 e. The molecule has 0 saturated heterocycles. The highest BCUT2D eigenvalue weighted by atomic mass is 15.3. The Morgan fingerprint density at radius 2 is 2.17 bits per heavy atom. The maximum atomic E-state index is 4.37. The molecule has 102 valence electrons. The summed E-state index contributed by atoms with van der Waals surface area (Å²) in [5, 5.41) is 8.04. The summed E-state index contributed by atoms with van der Waals surface area (Å²) in [6, 6.07) is 0.639. The normalized spacial score (nSPS) is 19.0. The monoisotopic (exact) mass is 249 g/mol. The first-order chi connectivity index (χ1) is 8.79. The molecular formula is C15H27N3. The molecule has 1 aromatic rings. The van der Waals surface area contributed by atoms with E-state index in [1.807, 2.05) is 10.9 Å². The van der Waals surface area contributed by atoms with E-state index in [2.05, 4.69) is 30.5 Å². The number of rotatable bonds is 6. The second kappa shape index (κ2) is 6.93. The van der Waals surface area contributed by atoms with Crippen LogP contribution in [0.25, 0.3) is 0 Å². The van der Waals surface area contributed by atoms with Crippen LogP contribution in [0.15, 0.2) is 12.4 Å². The molecule has 0 aliphatic heterocycles. The predicted molar refractivity (Wildman–Crippen MR) is 75.4 cm³/mol. The summed E-state index contributed by atoms with van der Waals surface area (Å²) < 4.78 is 2.04. The average molecular weight is 249 g/mol. The lowest BCUT2D eigenvalue weighted by Gasteiger charge is -2.28. The number of nitrogens with one attached hydrogen (secondary N) is 1. The third kappa shape index (κ3) is 3.84. The summed E-state index contributed by atoms with van der Waals surface area (Å²) in [6.07, 6.45) is 12.4. The molecule has 1 aromatic heterocycles. The summed E-state index contributed by atoms with van der Waals surface area (Å²) in [4.78, 5) is 0. The maximum absolute atomic E-state index is 4.37. The fourth-order valence-corrected chi connectivity index (χ4v) is 2.93. The van der Waals surface area contributed by atoms with E-state index in [4.69, 9.17) is 0 Å². The zero-order chi connectivity index (χ0) is 12.8. The van der Waals surface area contributed by atoms with Crippen molar-refractivity contribution in [3.63, 3.8) is 0 Å². The highest BCUT2D eigenvalue weighted by Gasteiger charge is 2.19. The van der Waals surface area contributed by atoms with Crippen LogP contribution >= 0.6 is 0 Å². The van der Waals surface area contributed by atoms with Gasteiger partial charge in [-0.25, -0.2) is 0 Å². The number of hydrogen-bond acceptors (Lipinski definition) is 2. The van der Waals surface area contributed by atoms with Gasteiger partial charge >= 0.3 is 0 Å². The highest BCUT2D eigenvalue weighted by Crippen LogP contribution is 2.26. The molecular weight excluding hydrogens is 222 g/mol. The fraction of sp³-hybridized carbons (Fsp3) is 0.800. The zero-order valence-corrected chi connectivity index (χ0v) is 11.9. The van der Waals surface area contributed by atoms with Crippen LogP contribution in [0.4, 0.5) is 0 Å². The molecule has 18 heavy (non-hydrogen) atoms. The van der Waals surface area contributed by atoms with E-state index in [1.165, 1.54) is 37.7 Å². The quantitative estimate of drug-likeness (QED) is 0.838. The minimum Gasteiger partial charge on any atom is -0.310 e. The Balaban J connectivity index is 1.75. The van der Waals surface area contributed by atoms with Crippen LogP contribution in [0, 0.1) is 5.92 Å². The van der Waals surface area contributed by atoms with Crippen LogP contribution in [0.1, 0.15) is 57.9 Å². The van der Waals surface area contributed by atoms with Gasteiger partial charge in [-0.05, 0) is 32.1 Å². The average Bonchev–Trinajstić information content (AvgIpc) is 2.85. The van der Waals surface area contributed by atoms with Crippen molar-refractivity contribution in [1.29, 1.82) is 0 Å². The molecule has 0 bridgehead atoms. The van der Waals surface area contributed by atoms with Crippen molar-refractivity contribution in [2.24, 2.45) is 5.92 Å². The summed E-state index contributed by atoms with van der Waals surface area (Å²) in [7, 11) is 0. The van der Waals surface area contributed by atoms with E-state index in [-0.39, 0.29) is 0 Å². The van der Waals surface area contributed by atoms with E-state index < -0.39 is 0 Å². The van der Waals surface area contributed by atoms with E-state index in [0.29, 0.717) is 6.04 Å². The molecule has 1 N–H and O–H groups in total. The molecule has 0 unspecified atom stereocenters. The van der Waals surface area contributed by atoms with Crippen molar-refractivity contribution < 1.29 is 0 Å². The second-order valence-corrected chi connectivity index (χ2v) is 5.68. The van der Waals surface area contributed by atoms with Gasteiger partial charge in [0.2, 0.25) is 0 Å². The number of hydrogen-bond donors (Lipinski definition) is 1. The lowest BCUT2D eigenvalue weighted by atomic mass is 9.84. The number of nitrogens with zero attached hydrogens (tertiary/aromatic N) is 2. The van der Waals surface area contributed by atoms with E-state index in [1.54, 1.807) is 0 Å². The SMILES string of the molecule is CCCn1cc(CN[C@@H](C)C2CCCCC2)cn1. The van der Waals surface area contributed by atoms with Gasteiger partial charge in [-0.15, -0.1) is 0 Å². The van der Waals surface area contributed by atoms with Gasteiger partial charge in [0.05, 0.1) is 6.20 Å². The Labute approximate surface area is 111 Å². The molecule has 3 heteroatoms. The number of aryl methyl sites for hydroxylation is 1. The molecule has 1 fully saturated rings. The van der Waals surface area contributed by atoms with Crippen molar-refractivity contribution in [1.82, 2.24) is 15.1 Å². The van der Waals surface area contributed by atoms with Crippen LogP contribution in [-0.4, -0.2) is 15.8 Å². The molecule has 3 nitrogen and oxygen atoms in total. The van der Waals surface area contributed by atoms with E-state index >= 15 is 0 Å². The summed E-state index contributed by atoms with van der Waals surface area (Å²) in [5.41, 5.74) is 1.31. The van der Waals surface area contributed by atoms with Gasteiger partial charge in [-0.2, -0.15) is 5.10 Å². The minimum absolute atomic E-state index is 0.639. The third-order valence-electron chi connectivity index (χ3n) is 4.12. The first kappa shape index (κ1) is 13.6. The molecule has 1 aliphatic carbocycles. The van der Waals surface area contributed by atoms with Crippen molar-refractivity contribution in [3.8, 4) is 0 Å². The molecule has 0 spiro atoms. The fourth-order valence-electron chi connectivity index (χ4n) is 2.93. The molecule has 1 saturated carbocycles. The van der Waals surface area contributed by atoms with Crippen LogP contribution in [0.5, 0.6) is 0 Å². The first-order valence-electron chi connectivity index (χ1n) is 7.54. The molecule has 0 aromatic carbocycles. The largest absolute Gasteiger partial charge is 0.310 e. The topological polar surface area (TPSA) is 29.9 Å². The molecule has 1 heterocycles. The lowest BCUT2D eigenvalue weighted by molar-refractivity contribution is 0.280. The predicted octanol–water partition coefficient (Wildman–Crippen LogP) is 3.35.